The van der Waals surface area contributed by atoms with Crippen LogP contribution in [-0.4, -0.2) is 0 Å². The maximum atomic E-state index is 3.49. The van der Waals surface area contributed by atoms with Gasteiger partial charge >= 0.3 is 0 Å². The molecule has 0 saturated carbocycles. The van der Waals surface area contributed by atoms with Crippen molar-refractivity contribution in [3.05, 3.63) is 174 Å². The lowest BCUT2D eigenvalue weighted by atomic mass is 9.82. The molecule has 0 amide bonds. The van der Waals surface area contributed by atoms with E-state index < -0.39 is 0 Å². The molecule has 2 aliphatic rings. The third-order valence-electron chi connectivity index (χ3n) is 14.4. The van der Waals surface area contributed by atoms with Gasteiger partial charge in [0.1, 0.15) is 0 Å². The first-order valence-corrected chi connectivity index (χ1v) is 89.5. The molecule has 0 bridgehead atoms. The lowest BCUT2D eigenvalue weighted by Gasteiger charge is -2.54. The van der Waals surface area contributed by atoms with Crippen molar-refractivity contribution in [2.45, 2.75) is 38.5 Å². The van der Waals surface area contributed by atoms with E-state index in [1.807, 2.05) is 11.3 Å². The third kappa shape index (κ3) is 17.5. The van der Waals surface area contributed by atoms with Crippen LogP contribution >= 0.6 is 292 Å². The topological polar surface area (TPSA) is 3.24 Å². The van der Waals surface area contributed by atoms with Gasteiger partial charge in [0.15, 0.2) is 0 Å². The SMILES string of the molecule is CC1(C)c2ccccc2-c2c(N(c3ccc(-c4ccc5sc6ccccc6c5c4)cc3)c3cccc4c3-c3ccccc3C4(C)C)cccc21.PPP(P)P(P(P(P)P)P(P)P)P(P(P(P)P)P(P)P)P(P(P(P)P)P(P)P)P(P(P)P)P(P)P. The maximum Gasteiger partial charge on any atom is 0.0543 e. The minimum Gasteiger partial charge on any atom is -0.309 e. The normalized spacial score (nSPS) is 15.6. The Kier molecular flexibility index (Phi) is 32.8. The molecule has 0 aliphatic heterocycles. The van der Waals surface area contributed by atoms with Crippen molar-refractivity contribution in [3.8, 4) is 33.4 Å². The third-order valence-corrected chi connectivity index (χ3v) is 251. The molecule has 10 rings (SSSR count). The largest absolute Gasteiger partial charge is 0.309 e. The molecule has 22 unspecified atom stereocenters. The molecule has 0 N–H and O–H groups in total. The molecule has 0 radical (unpaired) electrons. The van der Waals surface area contributed by atoms with Crippen LogP contribution in [0.1, 0.15) is 49.9 Å². The summed E-state index contributed by atoms with van der Waals surface area (Å²) in [6, 6.07) is 56.7. The van der Waals surface area contributed by atoms with Gasteiger partial charge in [-0.3, -0.25) is 0 Å². The first-order valence-electron chi connectivity index (χ1n) is 25.5. The van der Waals surface area contributed by atoms with Crippen LogP contribution in [0.15, 0.2) is 152 Å². The van der Waals surface area contributed by atoms with Crippen LogP contribution in [0.25, 0.3) is 53.6 Å². The molecule has 1 aromatic heterocycles. The first kappa shape index (κ1) is 78.7. The summed E-state index contributed by atoms with van der Waals surface area (Å²) in [6.07, 6.45) is 0. The number of fused-ring (bicyclic) bond motifs is 9. The number of benzene rings is 7. The van der Waals surface area contributed by atoms with E-state index >= 15 is 0 Å². The van der Waals surface area contributed by atoms with Gasteiger partial charge in [0.05, 0.1) is 11.4 Å². The molecule has 2 aliphatic carbocycles. The molecule has 85 heavy (non-hydrogen) atoms. The van der Waals surface area contributed by atoms with Gasteiger partial charge in [-0.1, -0.05) is 145 Å². The molecular formula is C48H74NP35S. The van der Waals surface area contributed by atoms with Gasteiger partial charge in [-0.05, 0) is 199 Å². The van der Waals surface area contributed by atoms with Crippen molar-refractivity contribution in [2.75, 3.05) is 4.90 Å². The van der Waals surface area contributed by atoms with Crippen LogP contribution in [-0.2, 0) is 10.8 Å². The van der Waals surface area contributed by atoms with E-state index in [0.29, 0.717) is 0 Å². The second-order valence-electron chi connectivity index (χ2n) is 20.3. The number of rotatable bonds is 20. The quantitative estimate of drug-likeness (QED) is 0.0688. The van der Waals surface area contributed by atoms with E-state index in [1.54, 1.807) is 0 Å². The van der Waals surface area contributed by atoms with Gasteiger partial charge in [-0.15, -0.1) is 172 Å². The van der Waals surface area contributed by atoms with Gasteiger partial charge < -0.3 is 4.90 Å². The molecule has 0 fully saturated rings. The number of hydrogen-bond acceptors (Lipinski definition) is 2. The van der Waals surface area contributed by atoms with Crippen molar-refractivity contribution in [1.82, 2.24) is 0 Å². The smallest absolute Gasteiger partial charge is 0.0543 e. The van der Waals surface area contributed by atoms with Crippen molar-refractivity contribution in [3.63, 3.8) is 0 Å². The van der Waals surface area contributed by atoms with E-state index in [0.717, 1.165) is 13.6 Å². The number of hydrogen-bond donors (Lipinski definition) is 0. The molecule has 1 nitrogen and oxygen atoms in total. The highest BCUT2D eigenvalue weighted by Crippen LogP contribution is 3.40. The molecule has 37 heteroatoms. The summed E-state index contributed by atoms with van der Waals surface area (Å²) in [6.45, 7) is 8.85. The molecule has 8 aromatic rings. The van der Waals surface area contributed by atoms with Crippen LogP contribution in [0.5, 0.6) is 0 Å². The summed E-state index contributed by atoms with van der Waals surface area (Å²) in [4.78, 5) is 2.54. The minimum absolute atomic E-state index is 0.000784. The van der Waals surface area contributed by atoms with E-state index in [9.17, 15) is 0 Å². The zero-order valence-electron chi connectivity index (χ0n) is 46.8. The number of anilines is 3. The number of nitrogens with zero attached hydrogens (tertiary/aromatic N) is 1. The van der Waals surface area contributed by atoms with Crippen LogP contribution < -0.4 is 4.90 Å². The van der Waals surface area contributed by atoms with Crippen LogP contribution in [0.2, 0.25) is 0 Å². The second kappa shape index (κ2) is 35.4. The Morgan fingerprint density at radius 3 is 1.15 bits per heavy atom. The molecule has 22 atom stereocenters. The van der Waals surface area contributed by atoms with Crippen molar-refractivity contribution < 1.29 is 0 Å². The molecule has 0 spiro atoms. The first-order chi connectivity index (χ1) is 40.2. The van der Waals surface area contributed by atoms with E-state index in [4.69, 9.17) is 0 Å². The Morgan fingerprint density at radius 1 is 0.353 bits per heavy atom. The maximum absolute atomic E-state index is 3.49. The Labute approximate surface area is 573 Å². The van der Waals surface area contributed by atoms with Gasteiger partial charge in [0.2, 0.25) is 0 Å². The summed E-state index contributed by atoms with van der Waals surface area (Å²) in [7, 11) is 61.2. The predicted molar refractivity (Wildman–Crippen MR) is 508 cm³/mol. The molecule has 0 saturated heterocycles. The average Bonchev–Trinajstić information content (AvgIpc) is 1.79. The molecule has 7 aromatic carbocycles. The number of thiophene rings is 1. The van der Waals surface area contributed by atoms with Crippen molar-refractivity contribution >= 4 is 329 Å². The highest BCUT2D eigenvalue weighted by molar-refractivity contribution is 9.46. The summed E-state index contributed by atoms with van der Waals surface area (Å²) in [5, 5.41) is 2.66. The zero-order valence-corrected chi connectivity index (χ0v) is 83.7. The fraction of sp³-hybridized carbons (Fsp3) is 0.125. The molecule has 1 heterocycles. The van der Waals surface area contributed by atoms with Crippen LogP contribution in [0.4, 0.5) is 17.1 Å². The zero-order chi connectivity index (χ0) is 61.7. The second-order valence-corrected chi connectivity index (χ2v) is 162. The monoisotopic (exact) mass is 1780 g/mol. The Morgan fingerprint density at radius 2 is 0.718 bits per heavy atom. The van der Waals surface area contributed by atoms with Gasteiger partial charge in [-0.2, -0.15) is 0 Å². The minimum atomic E-state index is -0.0908. The Hall–Kier alpha value is 9.61. The summed E-state index contributed by atoms with van der Waals surface area (Å²) < 4.78 is 2.67. The van der Waals surface area contributed by atoms with E-state index in [-0.39, 0.29) is 123 Å². The predicted octanol–water partition coefficient (Wildman–Crippen LogP) is 34.0. The van der Waals surface area contributed by atoms with E-state index in [1.165, 1.54) is 87.2 Å². The summed E-state index contributed by atoms with van der Waals surface area (Å²) >= 11 is 1.87. The molecule has 452 valence electrons. The lowest BCUT2D eigenvalue weighted by molar-refractivity contribution is 0.660. The highest BCUT2D eigenvalue weighted by Gasteiger charge is 2.53. The highest BCUT2D eigenvalue weighted by atomic mass is 33.5. The lowest BCUT2D eigenvalue weighted by Crippen LogP contribution is -2.17. The fourth-order valence-corrected chi connectivity index (χ4v) is 482. The Balaban J connectivity index is 0.000000220. The van der Waals surface area contributed by atoms with Crippen LogP contribution in [0, 0.1) is 0 Å². The van der Waals surface area contributed by atoms with Crippen molar-refractivity contribution in [1.29, 1.82) is 0 Å². The van der Waals surface area contributed by atoms with Gasteiger partial charge in [-0.25, -0.2) is 0 Å². The van der Waals surface area contributed by atoms with Gasteiger partial charge in [0, 0.05) is 47.8 Å². The van der Waals surface area contributed by atoms with Crippen LogP contribution in [0.3, 0.4) is 0 Å². The summed E-state index contributed by atoms with van der Waals surface area (Å²) in [5.41, 5.74) is 16.7. The average molecular weight is 1780 g/mol. The summed E-state index contributed by atoms with van der Waals surface area (Å²) in [5.74, 6) is 0. The van der Waals surface area contributed by atoms with E-state index in [2.05, 4.69) is 345 Å². The van der Waals surface area contributed by atoms with Gasteiger partial charge in [0.25, 0.3) is 0 Å². The molecular weight excluding hydrogens is 1710 g/mol. The Bertz CT molecular complexity index is 3460. The standard InChI is InChI=1S/C48H37NS.H37P35/c1-47(2)37-16-8-5-14-34(37)45-39(47)18-11-20-41(45)49(42-21-12-19-40-46(42)35-15-6-9-17-38(35)48(40,3)4)32-26-23-30(24-27-32)31-25-28-44-36(29-31)33-13-7-10-22-43(33)50-44;1-19-28(18)33(29(20(2)3)21(4)5)35(32(26(14)15)27(16)17)34(30(22(6)7)23(8)9)31(24(10)11)25(12)13/h5-29H,1-4H3;19H,1-18H2. The van der Waals surface area contributed by atoms with Crippen molar-refractivity contribution in [2.24, 2.45) is 0 Å². The fourth-order valence-electron chi connectivity index (χ4n) is 10.9.